The zero-order valence-corrected chi connectivity index (χ0v) is 59.7. The molecular formula is C51H57F4N21O20P4S4. The SMILES string of the molecule is CC(C)C(=O)Nc1nc2c(ncn2[C@@H]2O[C@@H]3COP(O)(=S)O[C@H]4[C@@H](F)[C@H](n5cnc6c(NC(=O)c7ccccc7)ncnc65)O[C@@H]4COP(O)(=S)O[C@@H]2[C@@H]3F)c(=O)[nH]1.N.Nc1nc2c(ncn2[C@@H]2O[C@@H]3COP(O)(=S)O[C@H]4[C@@H](F)[C@H](n5cnc6c(N)ncnc65)O[C@@H]4COP(O)(=S)O[C@@H]2[C@@H]3F)c(=O)[nH]1. The number of carbonyl (C=O) groups excluding carboxylic acids is 2. The van der Waals surface area contributed by atoms with Crippen molar-refractivity contribution in [2.45, 2.75) is 112 Å². The van der Waals surface area contributed by atoms with E-state index < -0.39 is 181 Å². The quantitative estimate of drug-likeness (QED) is 0.0769. The molecule has 20 atom stereocenters. The van der Waals surface area contributed by atoms with Crippen LogP contribution in [0.15, 0.2) is 77.9 Å². The van der Waals surface area contributed by atoms with E-state index in [1.165, 1.54) is 21.8 Å². The number of nitrogen functional groups attached to an aromatic ring is 2. The standard InChI is InChI=1S/C31H32F2N10O11P2S2.C20H22F2N10O9P2S2.H3N/c1-13(2)26(44)40-31-39-25-20(28(46)41-31)37-12-43(25)30-22-17(32)15(51-30)8-49-55(47,57)53-21-16(9-50-56(48,58)54-22)52-29(18(21)33)42-11-36-19-23(34-10-35-24(19)42)38-27(45)14-6-4-3-5-7-14;21-8-6-1-36-42(34,44)40-12-7(39-18(9(12)22)31-4-27-10-14(23)25-3-26-15(10)31)2-37-43(35,45)41-13(8)19(38-6)32-5-28-11-16(32)29-20(24)30-17(11)33;/h3-7,10-13,15-18,21-22,29-30H,8-9H2,1-2H3,(H,47,57)(H,48,58)(H,34,35,38,45)(H2,39,40,41,44,46);3-9,12-13,18-19H,1-2H2,(H,34,44)(H,35,45)(H2,23,25,26)(H3,24,29,30,33);1H3/t15-,16-,17-,18-,21-,22-,29-,30-,55?,56?;6-,7-,8-,9-,12-,13-,18-,19-,42?,43?;/m11./s1. The van der Waals surface area contributed by atoms with Crippen LogP contribution in [0.4, 0.5) is 41.1 Å². The minimum absolute atomic E-state index is 0. The molecule has 0 spiro atoms. The molecule has 41 nitrogen and oxygen atoms in total. The van der Waals surface area contributed by atoms with Gasteiger partial charge in [-0.1, -0.05) is 32.0 Å². The second kappa shape index (κ2) is 29.4. The van der Waals surface area contributed by atoms with E-state index in [-0.39, 0.29) is 74.3 Å². The van der Waals surface area contributed by atoms with Crippen molar-refractivity contribution in [3.05, 3.63) is 94.6 Å². The Balaban J connectivity index is 0.000000189. The second-order valence-corrected chi connectivity index (χ2v) is 34.6. The Kier molecular flexibility index (Phi) is 21.3. The lowest BCUT2D eigenvalue weighted by Crippen LogP contribution is -2.34. The highest BCUT2D eigenvalue weighted by Gasteiger charge is 2.56. The topological polar surface area (TPSA) is 551 Å². The molecule has 6 fully saturated rings. The van der Waals surface area contributed by atoms with E-state index in [4.69, 9.17) is 114 Å². The van der Waals surface area contributed by atoms with Gasteiger partial charge in [0.1, 0.15) is 67.0 Å². The van der Waals surface area contributed by atoms with E-state index in [9.17, 15) is 38.8 Å². The Morgan fingerprint density at radius 1 is 0.529 bits per heavy atom. The second-order valence-electron chi connectivity index (χ2n) is 23.5. The minimum Gasteiger partial charge on any atom is -0.382 e. The molecule has 6 aliphatic rings. The highest BCUT2D eigenvalue weighted by Crippen LogP contribution is 2.57. The first-order valence-corrected chi connectivity index (χ1v) is 40.6. The summed E-state index contributed by atoms with van der Waals surface area (Å²) < 4.78 is 137. The molecular weight excluding hydrogens is 1550 g/mol. The van der Waals surface area contributed by atoms with Gasteiger partial charge in [-0.25, -0.2) is 57.4 Å². The van der Waals surface area contributed by atoms with Crippen molar-refractivity contribution in [1.29, 1.82) is 0 Å². The van der Waals surface area contributed by atoms with Gasteiger partial charge in [-0.3, -0.25) is 70.8 Å². The molecule has 558 valence electrons. The first kappa shape index (κ1) is 75.4. The van der Waals surface area contributed by atoms with E-state index in [0.29, 0.717) is 5.56 Å². The normalized spacial score (nSPS) is 34.0. The molecule has 15 N–H and O–H groups in total. The van der Waals surface area contributed by atoms with Crippen LogP contribution in [0.1, 0.15) is 49.1 Å². The number of alkyl halides is 4. The van der Waals surface area contributed by atoms with E-state index in [1.807, 2.05) is 0 Å². The number of amides is 2. The number of hydrogen-bond acceptors (Lipinski definition) is 33. The lowest BCUT2D eigenvalue weighted by Gasteiger charge is -2.27. The molecule has 14 heterocycles. The van der Waals surface area contributed by atoms with Crippen LogP contribution in [0.5, 0.6) is 0 Å². The summed E-state index contributed by atoms with van der Waals surface area (Å²) in [6.07, 6.45) is -20.1. The highest BCUT2D eigenvalue weighted by molar-refractivity contribution is 8.08. The van der Waals surface area contributed by atoms with Crippen LogP contribution in [0.2, 0.25) is 0 Å². The predicted molar refractivity (Wildman–Crippen MR) is 363 cm³/mol. The Labute approximate surface area is 598 Å². The molecule has 53 heteroatoms. The molecule has 6 aliphatic heterocycles. The predicted octanol–water partition coefficient (Wildman–Crippen LogP) is 2.54. The van der Waals surface area contributed by atoms with E-state index in [2.05, 4.69) is 70.4 Å². The summed E-state index contributed by atoms with van der Waals surface area (Å²) in [4.78, 5) is 140. The van der Waals surface area contributed by atoms with E-state index >= 15 is 17.6 Å². The first-order chi connectivity index (χ1) is 48.9. The number of anilines is 4. The molecule has 0 saturated carbocycles. The molecule has 0 aliphatic carbocycles. The molecule has 0 radical (unpaired) electrons. The van der Waals surface area contributed by atoms with Crippen molar-refractivity contribution >= 4 is 154 Å². The Hall–Kier alpha value is -6.80. The van der Waals surface area contributed by atoms with Gasteiger partial charge in [-0.15, -0.1) is 0 Å². The van der Waals surface area contributed by atoms with Crippen molar-refractivity contribution < 1.29 is 102 Å². The van der Waals surface area contributed by atoms with Crippen LogP contribution in [0.25, 0.3) is 44.7 Å². The molecule has 9 aromatic rings. The average Bonchev–Trinajstić information content (AvgIpc) is 1.62. The number of hydrogen-bond donors (Lipinski definition) is 11. The largest absolute Gasteiger partial charge is 0.382 e. The van der Waals surface area contributed by atoms with Gasteiger partial charge in [-0.05, 0) is 59.4 Å². The first-order valence-electron chi connectivity index (χ1n) is 30.2. The van der Waals surface area contributed by atoms with Gasteiger partial charge in [0.15, 0.2) is 100 Å². The van der Waals surface area contributed by atoms with Gasteiger partial charge in [0.25, 0.3) is 17.0 Å². The van der Waals surface area contributed by atoms with Crippen molar-refractivity contribution in [2.24, 2.45) is 5.92 Å². The fourth-order valence-corrected chi connectivity index (χ4v) is 17.3. The van der Waals surface area contributed by atoms with Crippen LogP contribution >= 0.6 is 26.9 Å². The van der Waals surface area contributed by atoms with Gasteiger partial charge in [0, 0.05) is 11.5 Å². The smallest absolute Gasteiger partial charge is 0.325 e. The molecule has 1 aromatic carbocycles. The number of nitrogens with zero attached hydrogens (tertiary/aromatic N) is 14. The zero-order valence-electron chi connectivity index (χ0n) is 52.9. The highest BCUT2D eigenvalue weighted by atomic mass is 32.5. The molecule has 15 rings (SSSR count). The summed E-state index contributed by atoms with van der Waals surface area (Å²) in [6, 6.07) is 8.32. The van der Waals surface area contributed by atoms with Crippen LogP contribution in [-0.4, -0.2) is 209 Å². The number of nitrogens with two attached hydrogens (primary N) is 2. The molecule has 4 unspecified atom stereocenters. The molecule has 2 amide bonds. The number of carbonyl (C=O) groups is 2. The van der Waals surface area contributed by atoms with Crippen molar-refractivity contribution in [2.75, 3.05) is 48.5 Å². The molecule has 8 aromatic heterocycles. The number of H-pyrrole nitrogens is 2. The number of benzene rings is 1. The van der Waals surface area contributed by atoms with Gasteiger partial charge < -0.3 is 79.6 Å². The summed E-state index contributed by atoms with van der Waals surface area (Å²) in [5, 5.41) is 5.13. The summed E-state index contributed by atoms with van der Waals surface area (Å²) in [5.74, 6) is -1.83. The van der Waals surface area contributed by atoms with Gasteiger partial charge >= 0.3 is 26.9 Å². The van der Waals surface area contributed by atoms with E-state index in [1.54, 1.807) is 44.2 Å². The van der Waals surface area contributed by atoms with Crippen LogP contribution in [0, 0.1) is 5.92 Å². The number of rotatable bonds is 8. The molecule has 6 saturated heterocycles. The van der Waals surface area contributed by atoms with Crippen LogP contribution in [-0.2, 0) is 107 Å². The number of ether oxygens (including phenoxy) is 4. The van der Waals surface area contributed by atoms with Crippen molar-refractivity contribution in [3.8, 4) is 0 Å². The Morgan fingerprint density at radius 2 is 0.942 bits per heavy atom. The molecule has 4 bridgehead atoms. The third kappa shape index (κ3) is 15.0. The van der Waals surface area contributed by atoms with Crippen LogP contribution in [0.3, 0.4) is 0 Å². The lowest BCUT2D eigenvalue weighted by molar-refractivity contribution is -0.119. The van der Waals surface area contributed by atoms with E-state index in [0.717, 1.165) is 34.4 Å². The van der Waals surface area contributed by atoms with Crippen LogP contribution < -0.4 is 39.4 Å². The lowest BCUT2D eigenvalue weighted by atomic mass is 10.1. The average molecular weight is 1610 g/mol. The molecule has 104 heavy (non-hydrogen) atoms. The Bertz CT molecular complexity index is 5120. The fraction of sp³-hybridized carbons (Fsp3) is 0.451. The summed E-state index contributed by atoms with van der Waals surface area (Å²) in [7, 11) is 0. The summed E-state index contributed by atoms with van der Waals surface area (Å²) >= 11 is 20.8. The minimum atomic E-state index is -4.47. The fourth-order valence-electron chi connectivity index (χ4n) is 11.6. The van der Waals surface area contributed by atoms with Gasteiger partial charge in [-0.2, -0.15) is 9.97 Å². The third-order valence-corrected chi connectivity index (χ3v) is 22.7. The Morgan fingerprint density at radius 3 is 1.44 bits per heavy atom. The number of imidazole rings is 4. The maximum absolute atomic E-state index is 16.5. The van der Waals surface area contributed by atoms with Crippen molar-refractivity contribution in [3.63, 3.8) is 0 Å². The number of fused-ring (bicyclic) bond motifs is 10. The van der Waals surface area contributed by atoms with Crippen molar-refractivity contribution in [1.82, 2.24) is 84.2 Å². The maximum Gasteiger partial charge on any atom is 0.325 e. The number of aromatic nitrogens is 16. The maximum atomic E-state index is 16.5. The third-order valence-electron chi connectivity index (χ3n) is 16.4. The summed E-state index contributed by atoms with van der Waals surface area (Å²) in [5.41, 5.74) is 10.3. The zero-order chi connectivity index (χ0) is 72.9. The van der Waals surface area contributed by atoms with Gasteiger partial charge in [0.05, 0.1) is 51.7 Å². The summed E-state index contributed by atoms with van der Waals surface area (Å²) in [6.45, 7) is -17.2. The number of aromatic amines is 2. The number of halogens is 4. The van der Waals surface area contributed by atoms with Gasteiger partial charge in [0.2, 0.25) is 17.8 Å². The monoisotopic (exact) mass is 1610 g/mol. The number of nitrogens with one attached hydrogen (secondary N) is 4.